The molecule has 100 valence electrons. The van der Waals surface area contributed by atoms with Crippen LogP contribution in [-0.2, 0) is 5.41 Å². The Balaban J connectivity index is 2.27. The van der Waals surface area contributed by atoms with Crippen LogP contribution in [-0.4, -0.2) is 20.5 Å². The summed E-state index contributed by atoms with van der Waals surface area (Å²) < 4.78 is 3.85. The highest BCUT2D eigenvalue weighted by Crippen LogP contribution is 2.27. The van der Waals surface area contributed by atoms with Crippen molar-refractivity contribution in [2.24, 2.45) is 0 Å². The van der Waals surface area contributed by atoms with Crippen LogP contribution in [0.1, 0.15) is 36.1 Å². The molecule has 1 amide bonds. The number of amides is 1. The summed E-state index contributed by atoms with van der Waals surface area (Å²) in [6.07, 6.45) is 1.57. The van der Waals surface area contributed by atoms with E-state index in [1.165, 1.54) is 0 Å². The largest absolute Gasteiger partial charge is 0.305 e. The minimum Gasteiger partial charge on any atom is -0.305 e. The first kappa shape index (κ1) is 13.9. The zero-order valence-electron chi connectivity index (χ0n) is 10.8. The molecule has 2 rings (SSSR count). The first-order chi connectivity index (χ1) is 8.89. The number of pyridine rings is 1. The van der Waals surface area contributed by atoms with E-state index in [1.807, 2.05) is 20.8 Å². The van der Waals surface area contributed by atoms with Crippen molar-refractivity contribution in [3.8, 4) is 0 Å². The van der Waals surface area contributed by atoms with Crippen molar-refractivity contribution in [3.05, 3.63) is 33.9 Å². The van der Waals surface area contributed by atoms with Crippen LogP contribution >= 0.6 is 23.1 Å². The summed E-state index contributed by atoms with van der Waals surface area (Å²) in [5.41, 5.74) is 0.426. The molecule has 0 aliphatic heterocycles. The van der Waals surface area contributed by atoms with E-state index >= 15 is 0 Å². The van der Waals surface area contributed by atoms with Gasteiger partial charge in [-0.25, -0.2) is 4.98 Å². The van der Waals surface area contributed by atoms with Gasteiger partial charge in [0.1, 0.15) is 4.88 Å². The molecule has 1 N–H and O–H groups in total. The zero-order chi connectivity index (χ0) is 14.0. The van der Waals surface area contributed by atoms with Crippen molar-refractivity contribution in [2.45, 2.75) is 26.2 Å². The number of hydrogen-bond donors (Lipinski definition) is 1. The summed E-state index contributed by atoms with van der Waals surface area (Å²) in [5.74, 6) is 0.0444. The van der Waals surface area contributed by atoms with Gasteiger partial charge in [-0.1, -0.05) is 36.9 Å². The monoisotopic (exact) mass is 296 g/mol. The molecule has 0 aliphatic carbocycles. The van der Waals surface area contributed by atoms with Gasteiger partial charge in [0.2, 0.25) is 0 Å². The Morgan fingerprint density at radius 3 is 2.79 bits per heavy atom. The fourth-order valence-electron chi connectivity index (χ4n) is 1.47. The number of nitrogens with zero attached hydrogens (tertiary/aromatic N) is 3. The molecule has 0 spiro atoms. The molecule has 0 bridgehead atoms. The molecular formula is C12H13ClN4OS. The van der Waals surface area contributed by atoms with Crippen molar-refractivity contribution >= 4 is 34.9 Å². The van der Waals surface area contributed by atoms with Gasteiger partial charge in [0.15, 0.2) is 5.82 Å². The van der Waals surface area contributed by atoms with E-state index in [9.17, 15) is 4.79 Å². The normalized spacial score (nSPS) is 11.4. The molecule has 0 saturated heterocycles. The van der Waals surface area contributed by atoms with Crippen LogP contribution in [0.4, 0.5) is 5.82 Å². The van der Waals surface area contributed by atoms with E-state index in [4.69, 9.17) is 11.6 Å². The molecule has 0 aliphatic rings. The third-order valence-electron chi connectivity index (χ3n) is 2.40. The van der Waals surface area contributed by atoms with Crippen LogP contribution < -0.4 is 5.32 Å². The molecule has 7 heteroatoms. The van der Waals surface area contributed by atoms with Crippen molar-refractivity contribution < 1.29 is 4.79 Å². The number of nitrogens with one attached hydrogen (secondary N) is 1. The van der Waals surface area contributed by atoms with Crippen molar-refractivity contribution in [1.29, 1.82) is 0 Å². The second kappa shape index (κ2) is 5.22. The van der Waals surface area contributed by atoms with Gasteiger partial charge in [0.25, 0.3) is 5.91 Å². The number of rotatable bonds is 2. The Bertz CT molecular complexity index is 606. The van der Waals surface area contributed by atoms with Crippen LogP contribution in [0.3, 0.4) is 0 Å². The smallest absolute Gasteiger partial charge is 0.270 e. The highest BCUT2D eigenvalue weighted by atomic mass is 35.5. The highest BCUT2D eigenvalue weighted by Gasteiger charge is 2.26. The van der Waals surface area contributed by atoms with E-state index in [0.717, 1.165) is 11.5 Å². The number of aromatic nitrogens is 3. The lowest BCUT2D eigenvalue weighted by molar-refractivity contribution is 0.102. The molecule has 5 nitrogen and oxygen atoms in total. The molecule has 2 aromatic heterocycles. The lowest BCUT2D eigenvalue weighted by Crippen LogP contribution is -2.20. The molecule has 0 radical (unpaired) electrons. The number of anilines is 1. The predicted octanol–water partition coefficient (Wildman–Crippen LogP) is 3.14. The summed E-state index contributed by atoms with van der Waals surface area (Å²) in [5, 5.41) is 7.09. The Kier molecular flexibility index (Phi) is 3.82. The molecule has 0 aromatic carbocycles. The van der Waals surface area contributed by atoms with Crippen LogP contribution in [0.15, 0.2) is 18.3 Å². The average Bonchev–Trinajstić information content (AvgIpc) is 2.81. The number of carbonyl (C=O) groups is 1. The van der Waals surface area contributed by atoms with E-state index in [0.29, 0.717) is 21.4 Å². The topological polar surface area (TPSA) is 67.8 Å². The maximum atomic E-state index is 12.2. The van der Waals surface area contributed by atoms with Gasteiger partial charge in [-0.2, -0.15) is 0 Å². The fourth-order valence-corrected chi connectivity index (χ4v) is 2.41. The summed E-state index contributed by atoms with van der Waals surface area (Å²) in [6.45, 7) is 5.94. The van der Waals surface area contributed by atoms with Gasteiger partial charge in [0, 0.05) is 11.6 Å². The van der Waals surface area contributed by atoms with Gasteiger partial charge in [-0.3, -0.25) is 4.79 Å². The maximum Gasteiger partial charge on any atom is 0.270 e. The first-order valence-corrected chi connectivity index (χ1v) is 6.79. The fraction of sp³-hybridized carbons (Fsp3) is 0.333. The van der Waals surface area contributed by atoms with Crippen molar-refractivity contribution in [2.75, 3.05) is 5.32 Å². The molecule has 0 fully saturated rings. The lowest BCUT2D eigenvalue weighted by Gasteiger charge is -2.16. The highest BCUT2D eigenvalue weighted by molar-refractivity contribution is 7.08. The van der Waals surface area contributed by atoms with Crippen LogP contribution in [0.2, 0.25) is 5.02 Å². The molecular weight excluding hydrogens is 284 g/mol. The Labute approximate surface area is 120 Å². The molecule has 0 atom stereocenters. The summed E-state index contributed by atoms with van der Waals surface area (Å²) in [4.78, 5) is 16.7. The second-order valence-electron chi connectivity index (χ2n) is 4.99. The summed E-state index contributed by atoms with van der Waals surface area (Å²) >= 11 is 7.02. The molecule has 2 heterocycles. The van der Waals surface area contributed by atoms with Crippen molar-refractivity contribution in [3.63, 3.8) is 0 Å². The molecule has 19 heavy (non-hydrogen) atoms. The van der Waals surface area contributed by atoms with Crippen LogP contribution in [0, 0.1) is 0 Å². The van der Waals surface area contributed by atoms with Gasteiger partial charge >= 0.3 is 0 Å². The minimum atomic E-state index is -0.291. The number of hydrogen-bond acceptors (Lipinski definition) is 5. The van der Waals surface area contributed by atoms with Crippen molar-refractivity contribution in [1.82, 2.24) is 14.6 Å². The predicted molar refractivity (Wildman–Crippen MR) is 75.8 cm³/mol. The Hall–Kier alpha value is -1.53. The first-order valence-electron chi connectivity index (χ1n) is 5.64. The number of halogens is 1. The SMILES string of the molecule is CC(C)(C)c1nnsc1C(=O)Nc1ncccc1Cl. The minimum absolute atomic E-state index is 0.242. The Morgan fingerprint density at radius 1 is 1.42 bits per heavy atom. The molecule has 2 aromatic rings. The van der Waals surface area contributed by atoms with Gasteiger partial charge < -0.3 is 5.32 Å². The van der Waals surface area contributed by atoms with Crippen LogP contribution in [0.25, 0.3) is 0 Å². The second-order valence-corrected chi connectivity index (χ2v) is 6.15. The van der Waals surface area contributed by atoms with E-state index in [1.54, 1.807) is 18.3 Å². The van der Waals surface area contributed by atoms with E-state index < -0.39 is 0 Å². The quantitative estimate of drug-likeness (QED) is 0.924. The van der Waals surface area contributed by atoms with Gasteiger partial charge in [-0.15, -0.1) is 5.10 Å². The zero-order valence-corrected chi connectivity index (χ0v) is 12.3. The van der Waals surface area contributed by atoms with E-state index in [-0.39, 0.29) is 11.3 Å². The molecule has 0 saturated carbocycles. The standard InChI is InChI=1S/C12H13ClN4OS/c1-12(2,3)9-8(19-17-16-9)11(18)15-10-7(13)5-4-6-14-10/h4-6H,1-3H3,(H,14,15,18). The average molecular weight is 297 g/mol. The van der Waals surface area contributed by atoms with Crippen LogP contribution in [0.5, 0.6) is 0 Å². The van der Waals surface area contributed by atoms with Gasteiger partial charge in [0.05, 0.1) is 10.7 Å². The Morgan fingerprint density at radius 2 is 2.16 bits per heavy atom. The third-order valence-corrected chi connectivity index (χ3v) is 3.42. The maximum absolute atomic E-state index is 12.2. The third kappa shape index (κ3) is 3.08. The summed E-state index contributed by atoms with van der Waals surface area (Å²) in [6, 6.07) is 3.37. The lowest BCUT2D eigenvalue weighted by atomic mass is 9.91. The van der Waals surface area contributed by atoms with Gasteiger partial charge in [-0.05, 0) is 23.7 Å². The van der Waals surface area contributed by atoms with E-state index in [2.05, 4.69) is 19.9 Å². The molecule has 0 unspecified atom stereocenters. The number of carbonyl (C=O) groups excluding carboxylic acids is 1. The summed E-state index contributed by atoms with van der Waals surface area (Å²) in [7, 11) is 0.